The molecule has 1 unspecified atom stereocenters. The molecule has 0 fully saturated rings. The van der Waals surface area contributed by atoms with Crippen LogP contribution in [0.25, 0.3) is 0 Å². The molecule has 1 aliphatic heterocycles. The molecule has 3 aromatic rings. The second-order valence-corrected chi connectivity index (χ2v) is 12.3. The number of hydrogen-bond acceptors (Lipinski definition) is 6. The minimum absolute atomic E-state index is 0.102. The zero-order chi connectivity index (χ0) is 28.7. The Labute approximate surface area is 243 Å². The molecular formula is C29H32BrN3O6S. The number of nitrogens with zero attached hydrogens (tertiary/aromatic N) is 2. The Morgan fingerprint density at radius 3 is 2.33 bits per heavy atom. The fourth-order valence-corrected chi connectivity index (χ4v) is 5.96. The molecule has 0 bridgehead atoms. The molecule has 4 rings (SSSR count). The monoisotopic (exact) mass is 629 g/mol. The van der Waals surface area contributed by atoms with Gasteiger partial charge in [-0.05, 0) is 42.3 Å². The van der Waals surface area contributed by atoms with E-state index in [9.17, 15) is 18.0 Å². The lowest BCUT2D eigenvalue weighted by molar-refractivity contribution is -0.139. The lowest BCUT2D eigenvalue weighted by Crippen LogP contribution is -2.53. The molecule has 1 heterocycles. The van der Waals surface area contributed by atoms with E-state index in [1.54, 1.807) is 18.2 Å². The van der Waals surface area contributed by atoms with Gasteiger partial charge >= 0.3 is 0 Å². The van der Waals surface area contributed by atoms with Gasteiger partial charge in [-0.1, -0.05) is 58.4 Å². The van der Waals surface area contributed by atoms with Crippen LogP contribution in [-0.2, 0) is 32.6 Å². The van der Waals surface area contributed by atoms with Crippen molar-refractivity contribution in [2.24, 2.45) is 0 Å². The second-order valence-electron chi connectivity index (χ2n) is 9.21. The molecular weight excluding hydrogens is 598 g/mol. The number of anilines is 1. The Kier molecular flexibility index (Phi) is 9.70. The van der Waals surface area contributed by atoms with Crippen molar-refractivity contribution in [3.63, 3.8) is 0 Å². The molecule has 0 radical (unpaired) electrons. The number of likely N-dealkylation sites (N-methyl/N-ethyl adjacent to an activating group) is 1. The highest BCUT2D eigenvalue weighted by Crippen LogP contribution is 2.35. The maximum atomic E-state index is 14.1. The first-order valence-electron chi connectivity index (χ1n) is 12.9. The van der Waals surface area contributed by atoms with E-state index in [-0.39, 0.29) is 30.3 Å². The average Bonchev–Trinajstić information content (AvgIpc) is 2.97. The molecule has 1 aliphatic rings. The van der Waals surface area contributed by atoms with E-state index in [0.29, 0.717) is 24.7 Å². The number of fused-ring (bicyclic) bond motifs is 1. The van der Waals surface area contributed by atoms with Crippen LogP contribution in [0.15, 0.2) is 77.3 Å². The van der Waals surface area contributed by atoms with Gasteiger partial charge in [-0.25, -0.2) is 8.42 Å². The normalized spacial score (nSPS) is 13.3. The summed E-state index contributed by atoms with van der Waals surface area (Å²) in [5.74, 6) is -0.170. The first kappa shape index (κ1) is 29.4. The number of carbonyl (C=O) groups is 2. The standard InChI is InChI=1S/C29H32BrN3O6S/c1-3-40(36,37)33(24-12-13-26-27(18-24)39-15-14-38-26)20-28(34)32(19-22-10-7-11-23(30)16-22)25(29(35)31-2)17-21-8-5-4-6-9-21/h4-13,16,18,25H,3,14-15,17,19-20H2,1-2H3,(H,31,35). The SMILES string of the molecule is CCS(=O)(=O)N(CC(=O)N(Cc1cccc(Br)c1)C(Cc1ccccc1)C(=O)NC)c1ccc2c(c1)OCCO2. The van der Waals surface area contributed by atoms with Crippen LogP contribution in [0.5, 0.6) is 11.5 Å². The van der Waals surface area contributed by atoms with Gasteiger partial charge in [0, 0.05) is 30.6 Å². The van der Waals surface area contributed by atoms with E-state index >= 15 is 0 Å². The Bertz CT molecular complexity index is 1450. The van der Waals surface area contributed by atoms with Crippen molar-refractivity contribution in [2.75, 3.05) is 36.9 Å². The van der Waals surface area contributed by atoms with Crippen molar-refractivity contribution in [1.29, 1.82) is 0 Å². The summed E-state index contributed by atoms with van der Waals surface area (Å²) in [6.45, 7) is 1.86. The minimum atomic E-state index is -3.88. The molecule has 0 saturated carbocycles. The summed E-state index contributed by atoms with van der Waals surface area (Å²) < 4.78 is 39.7. The van der Waals surface area contributed by atoms with E-state index in [1.807, 2.05) is 54.6 Å². The molecule has 0 spiro atoms. The van der Waals surface area contributed by atoms with Gasteiger partial charge < -0.3 is 19.7 Å². The van der Waals surface area contributed by atoms with Crippen LogP contribution < -0.4 is 19.1 Å². The topological polar surface area (TPSA) is 105 Å². The summed E-state index contributed by atoms with van der Waals surface area (Å²) >= 11 is 3.47. The number of ether oxygens (including phenoxy) is 2. The quantitative estimate of drug-likeness (QED) is 0.346. The van der Waals surface area contributed by atoms with Gasteiger partial charge in [0.2, 0.25) is 21.8 Å². The molecule has 11 heteroatoms. The van der Waals surface area contributed by atoms with Gasteiger partial charge in [0.05, 0.1) is 11.4 Å². The third kappa shape index (κ3) is 7.14. The van der Waals surface area contributed by atoms with Crippen molar-refractivity contribution in [2.45, 2.75) is 25.9 Å². The first-order chi connectivity index (χ1) is 19.2. The van der Waals surface area contributed by atoms with Gasteiger partial charge in [0.15, 0.2) is 11.5 Å². The predicted molar refractivity (Wildman–Crippen MR) is 157 cm³/mol. The largest absolute Gasteiger partial charge is 0.486 e. The fraction of sp³-hybridized carbons (Fsp3) is 0.310. The summed E-state index contributed by atoms with van der Waals surface area (Å²) in [5, 5.41) is 2.67. The number of halogens is 1. The van der Waals surface area contributed by atoms with E-state index in [4.69, 9.17) is 9.47 Å². The Hall–Kier alpha value is -3.57. The maximum absolute atomic E-state index is 14.1. The van der Waals surface area contributed by atoms with Gasteiger partial charge in [-0.15, -0.1) is 0 Å². The van der Waals surface area contributed by atoms with Gasteiger partial charge in [-0.2, -0.15) is 0 Å². The number of rotatable bonds is 11. The lowest BCUT2D eigenvalue weighted by Gasteiger charge is -2.33. The molecule has 0 saturated heterocycles. The van der Waals surface area contributed by atoms with Crippen molar-refractivity contribution in [1.82, 2.24) is 10.2 Å². The molecule has 0 aromatic heterocycles. The highest BCUT2D eigenvalue weighted by atomic mass is 79.9. The number of carbonyl (C=O) groups excluding carboxylic acids is 2. The summed E-state index contributed by atoms with van der Waals surface area (Å²) in [5.41, 5.74) is 1.93. The summed E-state index contributed by atoms with van der Waals surface area (Å²) in [7, 11) is -2.36. The highest BCUT2D eigenvalue weighted by molar-refractivity contribution is 9.10. The zero-order valence-corrected chi connectivity index (χ0v) is 24.8. The summed E-state index contributed by atoms with van der Waals surface area (Å²) in [6, 6.07) is 20.7. The van der Waals surface area contributed by atoms with Gasteiger partial charge in [0.25, 0.3) is 0 Å². The molecule has 40 heavy (non-hydrogen) atoms. The van der Waals surface area contributed by atoms with Crippen LogP contribution >= 0.6 is 15.9 Å². The minimum Gasteiger partial charge on any atom is -0.486 e. The maximum Gasteiger partial charge on any atom is 0.244 e. The molecule has 1 atom stereocenters. The number of hydrogen-bond donors (Lipinski definition) is 1. The van der Waals surface area contributed by atoms with E-state index in [0.717, 1.165) is 19.9 Å². The number of nitrogens with one attached hydrogen (secondary N) is 1. The molecule has 212 valence electrons. The van der Waals surface area contributed by atoms with E-state index in [1.165, 1.54) is 18.9 Å². The Balaban J connectivity index is 1.73. The first-order valence-corrected chi connectivity index (χ1v) is 15.3. The molecule has 3 aromatic carbocycles. The van der Waals surface area contributed by atoms with E-state index in [2.05, 4.69) is 21.2 Å². The summed E-state index contributed by atoms with van der Waals surface area (Å²) in [4.78, 5) is 28.8. The molecule has 0 aliphatic carbocycles. The number of benzene rings is 3. The molecule has 1 N–H and O–H groups in total. The third-order valence-corrected chi connectivity index (χ3v) is 8.79. The number of amides is 2. The summed E-state index contributed by atoms with van der Waals surface area (Å²) in [6.07, 6.45) is 0.255. The second kappa shape index (κ2) is 13.2. The van der Waals surface area contributed by atoms with E-state index < -0.39 is 28.5 Å². The lowest BCUT2D eigenvalue weighted by atomic mass is 10.0. The van der Waals surface area contributed by atoms with Crippen LogP contribution in [0.2, 0.25) is 0 Å². The zero-order valence-electron chi connectivity index (χ0n) is 22.4. The van der Waals surface area contributed by atoms with Crippen LogP contribution in [0.4, 0.5) is 5.69 Å². The highest BCUT2D eigenvalue weighted by Gasteiger charge is 2.33. The molecule has 2 amide bonds. The number of sulfonamides is 1. The van der Waals surface area contributed by atoms with Crippen molar-refractivity contribution in [3.8, 4) is 11.5 Å². The van der Waals surface area contributed by atoms with Gasteiger partial charge in [-0.3, -0.25) is 13.9 Å². The fourth-order valence-electron chi connectivity index (χ4n) is 4.46. The van der Waals surface area contributed by atoms with Crippen molar-refractivity contribution in [3.05, 3.63) is 88.4 Å². The Morgan fingerprint density at radius 1 is 0.950 bits per heavy atom. The van der Waals surface area contributed by atoms with Gasteiger partial charge in [0.1, 0.15) is 25.8 Å². The van der Waals surface area contributed by atoms with Crippen molar-refractivity contribution < 1.29 is 27.5 Å². The predicted octanol–water partition coefficient (Wildman–Crippen LogP) is 3.76. The molecule has 9 nitrogen and oxygen atoms in total. The van der Waals surface area contributed by atoms with Crippen LogP contribution in [0.3, 0.4) is 0 Å². The average molecular weight is 631 g/mol. The van der Waals surface area contributed by atoms with Crippen molar-refractivity contribution >= 4 is 43.5 Å². The van der Waals surface area contributed by atoms with Crippen LogP contribution in [-0.4, -0.2) is 63.7 Å². The van der Waals surface area contributed by atoms with Crippen LogP contribution in [0, 0.1) is 0 Å². The third-order valence-electron chi connectivity index (χ3n) is 6.55. The van der Waals surface area contributed by atoms with Crippen LogP contribution in [0.1, 0.15) is 18.1 Å². The Morgan fingerprint density at radius 2 is 1.65 bits per heavy atom. The smallest absolute Gasteiger partial charge is 0.244 e.